The number of hydrogen-bond donors (Lipinski definition) is 0. The molecule has 0 heterocycles. The monoisotopic (exact) mass is 215 g/mol. The summed E-state index contributed by atoms with van der Waals surface area (Å²) < 4.78 is 0. The fraction of sp³-hybridized carbons (Fsp3) is 0.0769. The molecule has 0 unspecified atom stereocenters. The number of hydrogen-bond acceptors (Lipinski definition) is 1. The molecule has 0 aliphatic carbocycles. The molecule has 0 N–H and O–H groups in total. The van der Waals surface area contributed by atoms with E-state index in [1.54, 1.807) is 23.9 Å². The zero-order valence-electron chi connectivity index (χ0n) is 8.22. The minimum Gasteiger partial charge on any atom is -0.289 e. The third-order valence-corrected chi connectivity index (χ3v) is 3.21. The normalized spacial score (nSPS) is 10.1. The summed E-state index contributed by atoms with van der Waals surface area (Å²) in [6.45, 7) is 0. The van der Waals surface area contributed by atoms with Crippen LogP contribution in [-0.4, -0.2) is 0 Å². The maximum atomic E-state index is 11.4. The van der Waals surface area contributed by atoms with Crippen molar-refractivity contribution < 1.29 is 5.11 Å². The SMILES string of the molecule is [O]c1ccccc1SCc1ccccc1. The first kappa shape index (κ1) is 10.1. The Bertz CT molecular complexity index is 426. The van der Waals surface area contributed by atoms with Crippen molar-refractivity contribution in [1.29, 1.82) is 0 Å². The van der Waals surface area contributed by atoms with E-state index in [-0.39, 0.29) is 5.75 Å². The van der Waals surface area contributed by atoms with Crippen LogP contribution in [0.3, 0.4) is 0 Å². The first-order valence-electron chi connectivity index (χ1n) is 4.79. The highest BCUT2D eigenvalue weighted by atomic mass is 32.2. The van der Waals surface area contributed by atoms with Gasteiger partial charge in [-0.25, -0.2) is 0 Å². The number of thioether (sulfide) groups is 1. The van der Waals surface area contributed by atoms with E-state index in [4.69, 9.17) is 0 Å². The summed E-state index contributed by atoms with van der Waals surface area (Å²) in [4.78, 5) is 0.821. The van der Waals surface area contributed by atoms with Crippen LogP contribution in [0.5, 0.6) is 5.75 Å². The van der Waals surface area contributed by atoms with E-state index < -0.39 is 0 Å². The molecule has 0 saturated carbocycles. The quantitative estimate of drug-likeness (QED) is 0.705. The Kier molecular flexibility index (Phi) is 3.30. The smallest absolute Gasteiger partial charge is 0.192 e. The minimum atomic E-state index is 0.110. The van der Waals surface area contributed by atoms with Gasteiger partial charge in [0.2, 0.25) is 0 Å². The third kappa shape index (κ3) is 2.77. The van der Waals surface area contributed by atoms with Gasteiger partial charge >= 0.3 is 0 Å². The van der Waals surface area contributed by atoms with Crippen LogP contribution >= 0.6 is 11.8 Å². The highest BCUT2D eigenvalue weighted by Crippen LogP contribution is 2.30. The van der Waals surface area contributed by atoms with Crippen molar-refractivity contribution in [3.8, 4) is 5.75 Å². The lowest BCUT2D eigenvalue weighted by atomic mass is 10.2. The standard InChI is InChI=1S/C13H11OS/c14-12-8-4-5-9-13(12)15-10-11-6-2-1-3-7-11/h1-9H,10H2. The van der Waals surface area contributed by atoms with Gasteiger partial charge in [-0.1, -0.05) is 42.5 Å². The van der Waals surface area contributed by atoms with Gasteiger partial charge in [0, 0.05) is 5.75 Å². The van der Waals surface area contributed by atoms with Gasteiger partial charge in [0.05, 0.1) is 4.90 Å². The molecule has 2 rings (SSSR count). The fourth-order valence-electron chi connectivity index (χ4n) is 1.30. The van der Waals surface area contributed by atoms with E-state index >= 15 is 0 Å². The highest BCUT2D eigenvalue weighted by Gasteiger charge is 2.01. The van der Waals surface area contributed by atoms with Gasteiger partial charge in [0.15, 0.2) is 5.75 Å². The molecule has 2 aromatic carbocycles. The van der Waals surface area contributed by atoms with Crippen molar-refractivity contribution in [2.75, 3.05) is 0 Å². The second-order valence-corrected chi connectivity index (χ2v) is 4.24. The number of para-hydroxylation sites is 1. The molecule has 0 saturated heterocycles. The topological polar surface area (TPSA) is 19.9 Å². The zero-order chi connectivity index (χ0) is 10.5. The summed E-state index contributed by atoms with van der Waals surface area (Å²) >= 11 is 1.59. The van der Waals surface area contributed by atoms with E-state index in [1.165, 1.54) is 5.56 Å². The van der Waals surface area contributed by atoms with Gasteiger partial charge in [-0.15, -0.1) is 11.8 Å². The largest absolute Gasteiger partial charge is 0.289 e. The summed E-state index contributed by atoms with van der Waals surface area (Å²) in [5.41, 5.74) is 1.24. The van der Waals surface area contributed by atoms with Crippen LogP contribution in [0.2, 0.25) is 0 Å². The lowest BCUT2D eigenvalue weighted by Gasteiger charge is -2.02. The molecule has 0 fully saturated rings. The van der Waals surface area contributed by atoms with E-state index in [0.29, 0.717) is 0 Å². The second kappa shape index (κ2) is 4.89. The van der Waals surface area contributed by atoms with E-state index in [2.05, 4.69) is 12.1 Å². The Morgan fingerprint density at radius 2 is 1.53 bits per heavy atom. The molecule has 0 bridgehead atoms. The van der Waals surface area contributed by atoms with Crippen LogP contribution in [0.4, 0.5) is 0 Å². The Morgan fingerprint density at radius 1 is 0.867 bits per heavy atom. The summed E-state index contributed by atoms with van der Waals surface area (Å²) in [6.07, 6.45) is 0. The number of benzene rings is 2. The average molecular weight is 215 g/mol. The Balaban J connectivity index is 2.03. The van der Waals surface area contributed by atoms with Gasteiger partial charge < -0.3 is 0 Å². The highest BCUT2D eigenvalue weighted by molar-refractivity contribution is 7.98. The van der Waals surface area contributed by atoms with Gasteiger partial charge in [-0.3, -0.25) is 5.11 Å². The molecule has 0 amide bonds. The molecule has 0 aliphatic heterocycles. The molecule has 15 heavy (non-hydrogen) atoms. The fourth-order valence-corrected chi connectivity index (χ4v) is 2.20. The maximum absolute atomic E-state index is 11.4. The van der Waals surface area contributed by atoms with Crippen molar-refractivity contribution in [1.82, 2.24) is 0 Å². The molecule has 75 valence electrons. The van der Waals surface area contributed by atoms with Crippen molar-refractivity contribution in [3.05, 3.63) is 60.2 Å². The summed E-state index contributed by atoms with van der Waals surface area (Å²) in [6, 6.07) is 17.3. The Morgan fingerprint density at radius 3 is 2.27 bits per heavy atom. The third-order valence-electron chi connectivity index (χ3n) is 2.09. The van der Waals surface area contributed by atoms with Crippen molar-refractivity contribution in [2.45, 2.75) is 10.6 Å². The number of rotatable bonds is 3. The zero-order valence-corrected chi connectivity index (χ0v) is 9.04. The minimum absolute atomic E-state index is 0.110. The van der Waals surface area contributed by atoms with Crippen LogP contribution in [-0.2, 0) is 10.9 Å². The Hall–Kier alpha value is -1.41. The van der Waals surface area contributed by atoms with Crippen LogP contribution < -0.4 is 0 Å². The van der Waals surface area contributed by atoms with E-state index in [9.17, 15) is 5.11 Å². The molecule has 0 aromatic heterocycles. The lowest BCUT2D eigenvalue weighted by Crippen LogP contribution is -1.79. The molecular formula is C13H11OS. The molecule has 1 nitrogen and oxygen atoms in total. The van der Waals surface area contributed by atoms with Crippen LogP contribution in [0, 0.1) is 0 Å². The van der Waals surface area contributed by atoms with Crippen LogP contribution in [0.15, 0.2) is 59.5 Å². The van der Waals surface area contributed by atoms with Gasteiger partial charge in [0.1, 0.15) is 0 Å². The van der Waals surface area contributed by atoms with Crippen molar-refractivity contribution in [3.63, 3.8) is 0 Å². The molecule has 0 spiro atoms. The summed E-state index contributed by atoms with van der Waals surface area (Å²) in [5.74, 6) is 0.957. The van der Waals surface area contributed by atoms with Gasteiger partial charge in [-0.05, 0) is 17.7 Å². The van der Waals surface area contributed by atoms with Crippen molar-refractivity contribution >= 4 is 11.8 Å². The molecule has 2 heteroatoms. The van der Waals surface area contributed by atoms with Crippen LogP contribution in [0.25, 0.3) is 0 Å². The summed E-state index contributed by atoms with van der Waals surface area (Å²) in [5, 5.41) is 11.4. The van der Waals surface area contributed by atoms with Gasteiger partial charge in [-0.2, -0.15) is 0 Å². The predicted octanol–water partition coefficient (Wildman–Crippen LogP) is 4.12. The molecular weight excluding hydrogens is 204 g/mol. The van der Waals surface area contributed by atoms with Crippen molar-refractivity contribution in [2.24, 2.45) is 0 Å². The first-order chi connectivity index (χ1) is 7.36. The average Bonchev–Trinajstić information content (AvgIpc) is 2.29. The molecule has 2 aromatic rings. The molecule has 0 atom stereocenters. The predicted molar refractivity (Wildman–Crippen MR) is 62.6 cm³/mol. The van der Waals surface area contributed by atoms with E-state index in [0.717, 1.165) is 10.6 Å². The molecule has 1 radical (unpaired) electrons. The summed E-state index contributed by atoms with van der Waals surface area (Å²) in [7, 11) is 0. The van der Waals surface area contributed by atoms with Gasteiger partial charge in [0.25, 0.3) is 0 Å². The molecule has 0 aliphatic rings. The Labute approximate surface area is 93.8 Å². The van der Waals surface area contributed by atoms with E-state index in [1.807, 2.05) is 30.3 Å². The second-order valence-electron chi connectivity index (χ2n) is 3.22. The van der Waals surface area contributed by atoms with Crippen LogP contribution in [0.1, 0.15) is 5.56 Å². The maximum Gasteiger partial charge on any atom is 0.192 e. The lowest BCUT2D eigenvalue weighted by molar-refractivity contribution is 0.344. The first-order valence-corrected chi connectivity index (χ1v) is 5.77.